The van der Waals surface area contributed by atoms with Crippen molar-refractivity contribution >= 4 is 23.2 Å². The number of benzene rings is 1. The minimum Gasteiger partial charge on any atom is -0.317 e. The van der Waals surface area contributed by atoms with E-state index in [1.54, 1.807) is 0 Å². The maximum absolute atomic E-state index is 6.10. The van der Waals surface area contributed by atoms with Gasteiger partial charge in [0.2, 0.25) is 0 Å². The van der Waals surface area contributed by atoms with Crippen LogP contribution in [0, 0.1) is 0 Å². The lowest BCUT2D eigenvalue weighted by Crippen LogP contribution is -2.43. The summed E-state index contributed by atoms with van der Waals surface area (Å²) in [5.74, 6) is 0. The molecule has 0 unspecified atom stereocenters. The van der Waals surface area contributed by atoms with Crippen LogP contribution in [0.15, 0.2) is 18.2 Å². The Labute approximate surface area is 126 Å². The summed E-state index contributed by atoms with van der Waals surface area (Å²) < 4.78 is 0. The Bertz CT molecular complexity index is 403. The number of hydrogen-bond acceptors (Lipinski definition) is 2. The Morgan fingerprint density at radius 2 is 1.95 bits per heavy atom. The average Bonchev–Trinajstić information content (AvgIpc) is 2.43. The summed E-state index contributed by atoms with van der Waals surface area (Å²) in [6.45, 7) is 6.61. The number of piperidine rings is 1. The quantitative estimate of drug-likeness (QED) is 0.885. The van der Waals surface area contributed by atoms with E-state index in [0.717, 1.165) is 26.2 Å². The second-order valence-electron chi connectivity index (χ2n) is 5.20. The monoisotopic (exact) mass is 300 g/mol. The van der Waals surface area contributed by atoms with Crippen molar-refractivity contribution in [2.75, 3.05) is 19.6 Å². The fraction of sp³-hybridized carbons (Fsp3) is 0.600. The largest absolute Gasteiger partial charge is 0.317 e. The molecule has 1 saturated heterocycles. The van der Waals surface area contributed by atoms with E-state index in [-0.39, 0.29) is 0 Å². The van der Waals surface area contributed by atoms with E-state index in [9.17, 15) is 0 Å². The van der Waals surface area contributed by atoms with E-state index in [2.05, 4.69) is 23.2 Å². The van der Waals surface area contributed by atoms with Crippen molar-refractivity contribution in [2.45, 2.75) is 38.8 Å². The molecule has 106 valence electrons. The summed E-state index contributed by atoms with van der Waals surface area (Å²) in [4.78, 5) is 2.58. The van der Waals surface area contributed by atoms with E-state index < -0.39 is 0 Å². The summed E-state index contributed by atoms with van der Waals surface area (Å²) in [5.41, 5.74) is 1.25. The number of hydrogen-bond donors (Lipinski definition) is 1. The van der Waals surface area contributed by atoms with Gasteiger partial charge in [0.15, 0.2) is 0 Å². The van der Waals surface area contributed by atoms with Gasteiger partial charge in [0, 0.05) is 12.6 Å². The molecule has 0 aliphatic carbocycles. The molecule has 0 bridgehead atoms. The third-order valence-corrected chi connectivity index (χ3v) is 4.44. The SMILES string of the molecule is CCCN(Cc1ccc(Cl)c(Cl)c1)C1CCNCC1. The van der Waals surface area contributed by atoms with Crippen molar-refractivity contribution in [1.29, 1.82) is 0 Å². The molecule has 0 radical (unpaired) electrons. The van der Waals surface area contributed by atoms with Crippen molar-refractivity contribution in [3.8, 4) is 0 Å². The van der Waals surface area contributed by atoms with Crippen molar-refractivity contribution in [3.05, 3.63) is 33.8 Å². The highest BCUT2D eigenvalue weighted by molar-refractivity contribution is 6.42. The molecule has 0 aromatic heterocycles. The molecule has 1 heterocycles. The van der Waals surface area contributed by atoms with Gasteiger partial charge in [0.1, 0.15) is 0 Å². The maximum atomic E-state index is 6.10. The number of nitrogens with zero attached hydrogens (tertiary/aromatic N) is 1. The van der Waals surface area contributed by atoms with Crippen LogP contribution in [0.5, 0.6) is 0 Å². The molecule has 0 saturated carbocycles. The molecule has 1 N–H and O–H groups in total. The van der Waals surface area contributed by atoms with Crippen LogP contribution in [0.1, 0.15) is 31.7 Å². The van der Waals surface area contributed by atoms with Crippen LogP contribution in [-0.2, 0) is 6.54 Å². The van der Waals surface area contributed by atoms with Crippen molar-refractivity contribution in [2.24, 2.45) is 0 Å². The van der Waals surface area contributed by atoms with Crippen LogP contribution >= 0.6 is 23.2 Å². The highest BCUT2D eigenvalue weighted by Gasteiger charge is 2.20. The zero-order chi connectivity index (χ0) is 13.7. The smallest absolute Gasteiger partial charge is 0.0595 e. The summed E-state index contributed by atoms with van der Waals surface area (Å²) in [6.07, 6.45) is 3.66. The lowest BCUT2D eigenvalue weighted by molar-refractivity contribution is 0.154. The molecule has 1 fully saturated rings. The minimum absolute atomic E-state index is 0.634. The Kier molecular flexibility index (Phi) is 5.96. The van der Waals surface area contributed by atoms with Gasteiger partial charge < -0.3 is 5.32 Å². The van der Waals surface area contributed by atoms with Crippen LogP contribution in [0.4, 0.5) is 0 Å². The molecule has 4 heteroatoms. The Morgan fingerprint density at radius 3 is 2.58 bits per heavy atom. The summed E-state index contributed by atoms with van der Waals surface area (Å²) in [7, 11) is 0. The predicted octanol–water partition coefficient (Wildman–Crippen LogP) is 3.96. The van der Waals surface area contributed by atoms with Crippen LogP contribution in [0.25, 0.3) is 0 Å². The number of rotatable bonds is 5. The maximum Gasteiger partial charge on any atom is 0.0595 e. The standard InChI is InChI=1S/C15H22Cl2N2/c1-2-9-19(13-5-7-18-8-6-13)11-12-3-4-14(16)15(17)10-12/h3-4,10,13,18H,2,5-9,11H2,1H3. The Balaban J connectivity index is 2.04. The van der Waals surface area contributed by atoms with Gasteiger partial charge >= 0.3 is 0 Å². The molecule has 1 aromatic rings. The minimum atomic E-state index is 0.634. The first-order valence-electron chi connectivity index (χ1n) is 7.09. The molecule has 1 aliphatic rings. The van der Waals surface area contributed by atoms with Crippen LogP contribution < -0.4 is 5.32 Å². The van der Waals surface area contributed by atoms with Gasteiger partial charge in [0.05, 0.1) is 10.0 Å². The van der Waals surface area contributed by atoms with Gasteiger partial charge in [0.25, 0.3) is 0 Å². The topological polar surface area (TPSA) is 15.3 Å². The molecular weight excluding hydrogens is 279 g/mol. The highest BCUT2D eigenvalue weighted by Crippen LogP contribution is 2.24. The van der Waals surface area contributed by atoms with Crippen LogP contribution in [-0.4, -0.2) is 30.6 Å². The van der Waals surface area contributed by atoms with Crippen molar-refractivity contribution < 1.29 is 0 Å². The third kappa shape index (κ3) is 4.35. The van der Waals surface area contributed by atoms with Crippen LogP contribution in [0.2, 0.25) is 10.0 Å². The van der Waals surface area contributed by atoms with Crippen molar-refractivity contribution in [3.63, 3.8) is 0 Å². The average molecular weight is 301 g/mol. The molecule has 19 heavy (non-hydrogen) atoms. The molecule has 0 atom stereocenters. The van der Waals surface area contributed by atoms with Crippen LogP contribution in [0.3, 0.4) is 0 Å². The molecular formula is C15H22Cl2N2. The molecule has 0 spiro atoms. The molecule has 1 aromatic carbocycles. The van der Waals surface area contributed by atoms with E-state index in [1.807, 2.05) is 12.1 Å². The van der Waals surface area contributed by atoms with Gasteiger partial charge in [-0.25, -0.2) is 0 Å². The lowest BCUT2D eigenvalue weighted by Gasteiger charge is -2.34. The number of nitrogens with one attached hydrogen (secondary N) is 1. The van der Waals surface area contributed by atoms with E-state index in [4.69, 9.17) is 23.2 Å². The van der Waals surface area contributed by atoms with Crippen molar-refractivity contribution in [1.82, 2.24) is 10.2 Å². The summed E-state index contributed by atoms with van der Waals surface area (Å²) in [6, 6.07) is 6.66. The zero-order valence-corrected chi connectivity index (χ0v) is 13.0. The second-order valence-corrected chi connectivity index (χ2v) is 6.01. The van der Waals surface area contributed by atoms with Gasteiger partial charge in [-0.2, -0.15) is 0 Å². The van der Waals surface area contributed by atoms with Gasteiger partial charge in [-0.1, -0.05) is 36.2 Å². The first-order valence-corrected chi connectivity index (χ1v) is 7.85. The highest BCUT2D eigenvalue weighted by atomic mass is 35.5. The summed E-state index contributed by atoms with van der Waals surface area (Å²) >= 11 is 12.1. The fourth-order valence-corrected chi connectivity index (χ4v) is 3.04. The first-order chi connectivity index (χ1) is 9.20. The number of halogens is 2. The molecule has 2 nitrogen and oxygen atoms in total. The predicted molar refractivity (Wildman–Crippen MR) is 83.1 cm³/mol. The van der Waals surface area contributed by atoms with Gasteiger partial charge in [-0.05, 0) is 56.6 Å². The van der Waals surface area contributed by atoms with Gasteiger partial charge in [-0.3, -0.25) is 4.90 Å². The molecule has 2 rings (SSSR count). The second kappa shape index (κ2) is 7.49. The van der Waals surface area contributed by atoms with E-state index in [1.165, 1.54) is 24.8 Å². The Hall–Kier alpha value is -0.280. The zero-order valence-electron chi connectivity index (χ0n) is 11.5. The normalized spacial score (nSPS) is 17.1. The Morgan fingerprint density at radius 1 is 1.21 bits per heavy atom. The third-order valence-electron chi connectivity index (χ3n) is 3.71. The molecule has 1 aliphatic heterocycles. The molecule has 0 amide bonds. The van der Waals surface area contributed by atoms with E-state index >= 15 is 0 Å². The van der Waals surface area contributed by atoms with E-state index in [0.29, 0.717) is 16.1 Å². The first kappa shape index (κ1) is 15.1. The lowest BCUT2D eigenvalue weighted by atomic mass is 10.0. The fourth-order valence-electron chi connectivity index (χ4n) is 2.72. The summed E-state index contributed by atoms with van der Waals surface area (Å²) in [5, 5.41) is 4.71. The van der Waals surface area contributed by atoms with Gasteiger partial charge in [-0.15, -0.1) is 0 Å².